The van der Waals surface area contributed by atoms with Gasteiger partial charge in [0.05, 0.1) is 5.92 Å². The van der Waals surface area contributed by atoms with E-state index in [0.29, 0.717) is 5.56 Å². The Kier molecular flexibility index (Phi) is 3.46. The smallest absolute Gasteiger partial charge is 0.322 e. The van der Waals surface area contributed by atoms with Crippen LogP contribution in [0.25, 0.3) is 0 Å². The molecule has 1 aliphatic heterocycles. The van der Waals surface area contributed by atoms with Crippen LogP contribution in [0, 0.1) is 5.82 Å². The second-order valence-corrected chi connectivity index (χ2v) is 4.15. The number of carboxylic acids is 1. The van der Waals surface area contributed by atoms with E-state index in [4.69, 9.17) is 5.11 Å². The van der Waals surface area contributed by atoms with Crippen molar-refractivity contribution in [3.05, 3.63) is 29.6 Å². The zero-order valence-corrected chi connectivity index (χ0v) is 9.77. The van der Waals surface area contributed by atoms with Crippen molar-refractivity contribution in [2.45, 2.75) is 12.3 Å². The minimum absolute atomic E-state index is 0.0932. The predicted molar refractivity (Wildman–Crippen MR) is 63.0 cm³/mol. The Morgan fingerprint density at radius 2 is 2.21 bits per heavy atom. The first-order chi connectivity index (χ1) is 8.97. The Morgan fingerprint density at radius 1 is 1.47 bits per heavy atom. The molecule has 2 amide bonds. The summed E-state index contributed by atoms with van der Waals surface area (Å²) >= 11 is 0. The predicted octanol–water partition coefficient (Wildman–Crippen LogP) is 0.452. The Balaban J connectivity index is 2.25. The van der Waals surface area contributed by atoms with Gasteiger partial charge in [0.1, 0.15) is 12.4 Å². The molecule has 0 saturated carbocycles. The fourth-order valence-electron chi connectivity index (χ4n) is 1.96. The number of hydrogen-bond donors (Lipinski definition) is 3. The van der Waals surface area contributed by atoms with Gasteiger partial charge in [-0.1, -0.05) is 6.07 Å². The molecule has 0 aromatic heterocycles. The van der Waals surface area contributed by atoms with Crippen LogP contribution in [0.1, 0.15) is 17.9 Å². The number of fused-ring (bicyclic) bond motifs is 1. The van der Waals surface area contributed by atoms with Gasteiger partial charge in [0, 0.05) is 12.1 Å². The first-order valence-electron chi connectivity index (χ1n) is 5.56. The molecule has 0 spiro atoms. The van der Waals surface area contributed by atoms with Gasteiger partial charge in [0.25, 0.3) is 0 Å². The number of carbonyl (C=O) groups is 3. The number of rotatable bonds is 3. The van der Waals surface area contributed by atoms with Gasteiger partial charge in [-0.05, 0) is 17.7 Å². The summed E-state index contributed by atoms with van der Waals surface area (Å²) in [5, 5.41) is 13.2. The van der Waals surface area contributed by atoms with E-state index in [1.807, 2.05) is 0 Å². The quantitative estimate of drug-likeness (QED) is 0.740. The summed E-state index contributed by atoms with van der Waals surface area (Å²) < 4.78 is 13.1. The van der Waals surface area contributed by atoms with Crippen molar-refractivity contribution in [3.63, 3.8) is 0 Å². The number of carbonyl (C=O) groups excluding carboxylic acids is 2. The summed E-state index contributed by atoms with van der Waals surface area (Å²) in [5.74, 6) is -3.47. The third kappa shape index (κ3) is 2.87. The summed E-state index contributed by atoms with van der Waals surface area (Å²) in [7, 11) is 0. The lowest BCUT2D eigenvalue weighted by molar-refractivity contribution is -0.138. The fourth-order valence-corrected chi connectivity index (χ4v) is 1.96. The summed E-state index contributed by atoms with van der Waals surface area (Å²) in [6.07, 6.45) is -0.0932. The molecule has 7 heteroatoms. The third-order valence-corrected chi connectivity index (χ3v) is 2.78. The lowest BCUT2D eigenvalue weighted by Gasteiger charge is -2.24. The largest absolute Gasteiger partial charge is 0.480 e. The lowest BCUT2D eigenvalue weighted by atomic mass is 9.89. The molecule has 1 aliphatic rings. The minimum atomic E-state index is -1.17. The number of nitrogens with one attached hydrogen (secondary N) is 2. The topological polar surface area (TPSA) is 95.5 Å². The second kappa shape index (κ2) is 5.05. The number of anilines is 1. The zero-order chi connectivity index (χ0) is 14.0. The highest BCUT2D eigenvalue weighted by atomic mass is 19.1. The summed E-state index contributed by atoms with van der Waals surface area (Å²) in [6, 6.07) is 3.73. The van der Waals surface area contributed by atoms with Gasteiger partial charge in [0.2, 0.25) is 11.8 Å². The SMILES string of the molecule is O=C(O)CNC(=O)[C@H]1CC(=O)Nc2cc(F)ccc21. The van der Waals surface area contributed by atoms with Crippen molar-refractivity contribution in [2.75, 3.05) is 11.9 Å². The van der Waals surface area contributed by atoms with E-state index in [1.165, 1.54) is 12.1 Å². The number of benzene rings is 1. The molecule has 2 rings (SSSR count). The number of carboxylic acid groups (broad SMARTS) is 1. The lowest BCUT2D eigenvalue weighted by Crippen LogP contribution is -2.37. The average Bonchev–Trinajstić information content (AvgIpc) is 2.34. The van der Waals surface area contributed by atoms with Crippen molar-refractivity contribution in [1.29, 1.82) is 0 Å². The van der Waals surface area contributed by atoms with Crippen LogP contribution in [0.15, 0.2) is 18.2 Å². The molecule has 0 aliphatic carbocycles. The fraction of sp³-hybridized carbons (Fsp3) is 0.250. The number of amides is 2. The molecule has 0 fully saturated rings. The molecule has 6 nitrogen and oxygen atoms in total. The molecule has 1 atom stereocenters. The minimum Gasteiger partial charge on any atom is -0.480 e. The Morgan fingerprint density at radius 3 is 2.89 bits per heavy atom. The molecule has 0 saturated heterocycles. The third-order valence-electron chi connectivity index (χ3n) is 2.78. The van der Waals surface area contributed by atoms with E-state index in [1.54, 1.807) is 0 Å². The van der Waals surface area contributed by atoms with Gasteiger partial charge in [-0.3, -0.25) is 14.4 Å². The Labute approximate surface area is 107 Å². The summed E-state index contributed by atoms with van der Waals surface area (Å²) in [5.41, 5.74) is 0.718. The van der Waals surface area contributed by atoms with Crippen LogP contribution in [0.5, 0.6) is 0 Å². The van der Waals surface area contributed by atoms with Crippen molar-refractivity contribution < 1.29 is 23.9 Å². The first kappa shape index (κ1) is 13.0. The first-order valence-corrected chi connectivity index (χ1v) is 5.56. The number of hydrogen-bond acceptors (Lipinski definition) is 3. The molecule has 0 radical (unpaired) electrons. The Hall–Kier alpha value is -2.44. The van der Waals surface area contributed by atoms with E-state index in [2.05, 4.69) is 10.6 Å². The highest BCUT2D eigenvalue weighted by Crippen LogP contribution is 2.32. The normalized spacial score (nSPS) is 17.3. The molecular weight excluding hydrogens is 255 g/mol. The van der Waals surface area contributed by atoms with E-state index < -0.39 is 36.1 Å². The van der Waals surface area contributed by atoms with E-state index >= 15 is 0 Å². The molecule has 0 bridgehead atoms. The average molecular weight is 266 g/mol. The van der Waals surface area contributed by atoms with Gasteiger partial charge in [-0.15, -0.1) is 0 Å². The van der Waals surface area contributed by atoms with Gasteiger partial charge < -0.3 is 15.7 Å². The van der Waals surface area contributed by atoms with Crippen molar-refractivity contribution >= 4 is 23.5 Å². The molecule has 1 aromatic rings. The van der Waals surface area contributed by atoms with Crippen LogP contribution < -0.4 is 10.6 Å². The maximum atomic E-state index is 13.1. The van der Waals surface area contributed by atoms with Crippen LogP contribution in [0.4, 0.5) is 10.1 Å². The number of halogens is 1. The Bertz CT molecular complexity index is 559. The highest BCUT2D eigenvalue weighted by molar-refractivity contribution is 6.01. The molecular formula is C12H11FN2O4. The van der Waals surface area contributed by atoms with Crippen LogP contribution in [0.2, 0.25) is 0 Å². The molecule has 1 aromatic carbocycles. The van der Waals surface area contributed by atoms with Crippen LogP contribution in [0.3, 0.4) is 0 Å². The highest BCUT2D eigenvalue weighted by Gasteiger charge is 2.30. The molecule has 3 N–H and O–H groups in total. The van der Waals surface area contributed by atoms with Gasteiger partial charge in [0.15, 0.2) is 0 Å². The molecule has 0 unspecified atom stereocenters. The molecule has 19 heavy (non-hydrogen) atoms. The van der Waals surface area contributed by atoms with E-state index in [9.17, 15) is 18.8 Å². The molecule has 1 heterocycles. The summed E-state index contributed by atoms with van der Waals surface area (Å²) in [4.78, 5) is 33.7. The summed E-state index contributed by atoms with van der Waals surface area (Å²) in [6.45, 7) is -0.520. The monoisotopic (exact) mass is 266 g/mol. The second-order valence-electron chi connectivity index (χ2n) is 4.15. The van der Waals surface area contributed by atoms with Crippen molar-refractivity contribution in [1.82, 2.24) is 5.32 Å². The van der Waals surface area contributed by atoms with E-state index in [-0.39, 0.29) is 12.1 Å². The van der Waals surface area contributed by atoms with Crippen molar-refractivity contribution in [2.24, 2.45) is 0 Å². The van der Waals surface area contributed by atoms with Crippen LogP contribution in [-0.4, -0.2) is 29.4 Å². The van der Waals surface area contributed by atoms with E-state index in [0.717, 1.165) is 6.07 Å². The molecule has 100 valence electrons. The zero-order valence-electron chi connectivity index (χ0n) is 9.77. The standard InChI is InChI=1S/C12H11FN2O4/c13-6-1-2-7-8(12(19)14-5-11(17)18)4-10(16)15-9(7)3-6/h1-3,8H,4-5H2,(H,14,19)(H,15,16)(H,17,18)/t8-/m0/s1. The van der Waals surface area contributed by atoms with Crippen LogP contribution >= 0.6 is 0 Å². The van der Waals surface area contributed by atoms with Gasteiger partial charge in [-0.25, -0.2) is 4.39 Å². The number of aliphatic carboxylic acids is 1. The van der Waals surface area contributed by atoms with Gasteiger partial charge >= 0.3 is 5.97 Å². The van der Waals surface area contributed by atoms with Gasteiger partial charge in [-0.2, -0.15) is 0 Å². The van der Waals surface area contributed by atoms with Crippen molar-refractivity contribution in [3.8, 4) is 0 Å². The maximum Gasteiger partial charge on any atom is 0.322 e. The maximum absolute atomic E-state index is 13.1. The van der Waals surface area contributed by atoms with Crippen LogP contribution in [-0.2, 0) is 14.4 Å².